The molecule has 1 heterocycles. The molecular weight excluding hydrogens is 246 g/mol. The summed E-state index contributed by atoms with van der Waals surface area (Å²) in [5.41, 5.74) is 0. The van der Waals surface area contributed by atoms with E-state index < -0.39 is 0 Å². The van der Waals surface area contributed by atoms with Crippen LogP contribution in [0, 0.1) is 12.3 Å². The maximum absolute atomic E-state index is 5.31. The Morgan fingerprint density at radius 2 is 2.46 bits per heavy atom. The molecule has 13 heavy (non-hydrogen) atoms. The van der Waals surface area contributed by atoms with E-state index in [0.717, 1.165) is 16.8 Å². The molecule has 0 bridgehead atoms. The van der Waals surface area contributed by atoms with E-state index in [1.165, 1.54) is 4.88 Å². The summed E-state index contributed by atoms with van der Waals surface area (Å²) in [6.07, 6.45) is 6.06. The van der Waals surface area contributed by atoms with Crippen LogP contribution in [0.15, 0.2) is 15.9 Å². The first-order chi connectivity index (χ1) is 6.27. The van der Waals surface area contributed by atoms with Crippen LogP contribution in [0.25, 0.3) is 0 Å². The summed E-state index contributed by atoms with van der Waals surface area (Å²) in [5, 5.41) is 3.36. The molecule has 1 rings (SSSR count). The Labute approximate surface area is 91.7 Å². The zero-order valence-electron chi connectivity index (χ0n) is 7.51. The van der Waals surface area contributed by atoms with Crippen LogP contribution in [0.3, 0.4) is 0 Å². The molecule has 1 aromatic heterocycles. The number of halogens is 1. The monoisotopic (exact) mass is 257 g/mol. The third-order valence-corrected chi connectivity index (χ3v) is 3.45. The zero-order chi connectivity index (χ0) is 9.68. The minimum Gasteiger partial charge on any atom is -0.309 e. The first-order valence-electron chi connectivity index (χ1n) is 4.20. The molecule has 1 aromatic rings. The van der Waals surface area contributed by atoms with E-state index in [-0.39, 0.29) is 0 Å². The van der Waals surface area contributed by atoms with Crippen LogP contribution >= 0.6 is 27.3 Å². The largest absolute Gasteiger partial charge is 0.309 e. The quantitative estimate of drug-likeness (QED) is 0.818. The molecule has 3 heteroatoms. The van der Waals surface area contributed by atoms with Crippen LogP contribution in [0.5, 0.6) is 0 Å². The van der Waals surface area contributed by atoms with Crippen LogP contribution in [0.2, 0.25) is 0 Å². The summed E-state index contributed by atoms with van der Waals surface area (Å²) < 4.78 is 1.16. The first kappa shape index (κ1) is 10.8. The SMILES string of the molecule is C#CCC(NCC)c1ccc(Br)s1. The lowest BCUT2D eigenvalue weighted by atomic mass is 10.2. The average Bonchev–Trinajstić information content (AvgIpc) is 2.51. The summed E-state index contributed by atoms with van der Waals surface area (Å²) in [4.78, 5) is 1.30. The second-order valence-corrected chi connectivity index (χ2v) is 5.15. The predicted octanol–water partition coefficient (Wildman–Crippen LogP) is 3.18. The fourth-order valence-corrected chi connectivity index (χ4v) is 2.65. The van der Waals surface area contributed by atoms with E-state index in [0.29, 0.717) is 6.04 Å². The lowest BCUT2D eigenvalue weighted by Crippen LogP contribution is -2.19. The Morgan fingerprint density at radius 1 is 1.69 bits per heavy atom. The molecule has 0 aliphatic carbocycles. The summed E-state index contributed by atoms with van der Waals surface area (Å²) in [5.74, 6) is 2.69. The van der Waals surface area contributed by atoms with Crippen LogP contribution in [-0.2, 0) is 0 Å². The van der Waals surface area contributed by atoms with Gasteiger partial charge in [0.25, 0.3) is 0 Å². The summed E-state index contributed by atoms with van der Waals surface area (Å²) >= 11 is 5.18. The van der Waals surface area contributed by atoms with Crippen LogP contribution in [-0.4, -0.2) is 6.54 Å². The van der Waals surface area contributed by atoms with Crippen molar-refractivity contribution in [2.75, 3.05) is 6.54 Å². The number of rotatable bonds is 4. The maximum Gasteiger partial charge on any atom is 0.0701 e. The van der Waals surface area contributed by atoms with Crippen LogP contribution in [0.4, 0.5) is 0 Å². The van der Waals surface area contributed by atoms with Gasteiger partial charge in [0.2, 0.25) is 0 Å². The Morgan fingerprint density at radius 3 is 2.92 bits per heavy atom. The number of nitrogens with one attached hydrogen (secondary N) is 1. The van der Waals surface area contributed by atoms with Gasteiger partial charge in [-0.05, 0) is 34.6 Å². The van der Waals surface area contributed by atoms with Gasteiger partial charge in [0, 0.05) is 11.3 Å². The van der Waals surface area contributed by atoms with Gasteiger partial charge in [-0.3, -0.25) is 0 Å². The molecule has 1 atom stereocenters. The molecule has 0 radical (unpaired) electrons. The molecule has 0 aromatic carbocycles. The van der Waals surface area contributed by atoms with Gasteiger partial charge in [-0.25, -0.2) is 0 Å². The van der Waals surface area contributed by atoms with E-state index in [1.807, 2.05) is 0 Å². The average molecular weight is 258 g/mol. The number of hydrogen-bond acceptors (Lipinski definition) is 2. The highest BCUT2D eigenvalue weighted by atomic mass is 79.9. The zero-order valence-corrected chi connectivity index (χ0v) is 9.91. The molecule has 0 amide bonds. The Balaban J connectivity index is 2.70. The Hall–Kier alpha value is -0.300. The molecule has 0 saturated carbocycles. The normalized spacial score (nSPS) is 12.4. The third kappa shape index (κ3) is 3.15. The fraction of sp³-hybridized carbons (Fsp3) is 0.400. The van der Waals surface area contributed by atoms with Gasteiger partial charge in [-0.1, -0.05) is 6.92 Å². The number of terminal acetylenes is 1. The van der Waals surface area contributed by atoms with Gasteiger partial charge < -0.3 is 5.32 Å². The second kappa shape index (κ2) is 5.43. The van der Waals surface area contributed by atoms with Crippen molar-refractivity contribution in [2.45, 2.75) is 19.4 Å². The Kier molecular flexibility index (Phi) is 4.51. The minimum atomic E-state index is 0.311. The molecule has 1 unspecified atom stereocenters. The summed E-state index contributed by atoms with van der Waals surface area (Å²) in [6.45, 7) is 3.04. The molecule has 0 aliphatic rings. The van der Waals surface area contributed by atoms with Crippen LogP contribution in [0.1, 0.15) is 24.3 Å². The predicted molar refractivity (Wildman–Crippen MR) is 61.9 cm³/mol. The summed E-state index contributed by atoms with van der Waals surface area (Å²) in [6, 6.07) is 4.48. The molecule has 0 spiro atoms. The van der Waals surface area contributed by atoms with E-state index in [4.69, 9.17) is 6.42 Å². The van der Waals surface area contributed by atoms with E-state index in [2.05, 4.69) is 46.2 Å². The number of thiophene rings is 1. The van der Waals surface area contributed by atoms with E-state index in [1.54, 1.807) is 11.3 Å². The molecule has 1 N–H and O–H groups in total. The van der Waals surface area contributed by atoms with Crippen molar-refractivity contribution in [1.82, 2.24) is 5.32 Å². The molecule has 1 nitrogen and oxygen atoms in total. The van der Waals surface area contributed by atoms with Crippen molar-refractivity contribution in [3.8, 4) is 12.3 Å². The highest BCUT2D eigenvalue weighted by Gasteiger charge is 2.10. The lowest BCUT2D eigenvalue weighted by Gasteiger charge is -2.12. The van der Waals surface area contributed by atoms with Crippen molar-refractivity contribution >= 4 is 27.3 Å². The van der Waals surface area contributed by atoms with Crippen molar-refractivity contribution in [2.24, 2.45) is 0 Å². The second-order valence-electron chi connectivity index (χ2n) is 2.66. The van der Waals surface area contributed by atoms with Gasteiger partial charge in [0.05, 0.1) is 9.83 Å². The van der Waals surface area contributed by atoms with Gasteiger partial charge in [0.1, 0.15) is 0 Å². The molecule has 0 aliphatic heterocycles. The maximum atomic E-state index is 5.31. The van der Waals surface area contributed by atoms with Gasteiger partial charge in [-0.15, -0.1) is 23.7 Å². The third-order valence-electron chi connectivity index (χ3n) is 1.71. The van der Waals surface area contributed by atoms with Crippen molar-refractivity contribution in [1.29, 1.82) is 0 Å². The van der Waals surface area contributed by atoms with E-state index in [9.17, 15) is 0 Å². The first-order valence-corrected chi connectivity index (χ1v) is 5.81. The topological polar surface area (TPSA) is 12.0 Å². The lowest BCUT2D eigenvalue weighted by molar-refractivity contribution is 0.574. The van der Waals surface area contributed by atoms with Crippen molar-refractivity contribution in [3.05, 3.63) is 20.8 Å². The summed E-state index contributed by atoms with van der Waals surface area (Å²) in [7, 11) is 0. The van der Waals surface area contributed by atoms with Gasteiger partial charge in [0.15, 0.2) is 0 Å². The molecule has 0 fully saturated rings. The van der Waals surface area contributed by atoms with Gasteiger partial charge >= 0.3 is 0 Å². The standard InChI is InChI=1S/C10H12BrNS/c1-3-5-8(12-4-2)9-6-7-10(11)13-9/h1,6-8,12H,4-5H2,2H3. The Bertz CT molecular complexity index is 300. The molecular formula is C10H12BrNS. The molecule has 70 valence electrons. The molecule has 0 saturated heterocycles. The fourth-order valence-electron chi connectivity index (χ4n) is 1.15. The highest BCUT2D eigenvalue weighted by Crippen LogP contribution is 2.28. The minimum absolute atomic E-state index is 0.311. The highest BCUT2D eigenvalue weighted by molar-refractivity contribution is 9.11. The smallest absolute Gasteiger partial charge is 0.0701 e. The number of hydrogen-bond donors (Lipinski definition) is 1. The van der Waals surface area contributed by atoms with Crippen LogP contribution < -0.4 is 5.32 Å². The van der Waals surface area contributed by atoms with Crippen molar-refractivity contribution in [3.63, 3.8) is 0 Å². The van der Waals surface area contributed by atoms with E-state index >= 15 is 0 Å². The van der Waals surface area contributed by atoms with Gasteiger partial charge in [-0.2, -0.15) is 0 Å². The van der Waals surface area contributed by atoms with Crippen molar-refractivity contribution < 1.29 is 0 Å².